The molecule has 0 bridgehead atoms. The van der Waals surface area contributed by atoms with Crippen LogP contribution in [0.15, 0.2) is 70.1 Å². The van der Waals surface area contributed by atoms with Crippen molar-refractivity contribution in [3.8, 4) is 11.5 Å². The van der Waals surface area contributed by atoms with Gasteiger partial charge < -0.3 is 18.9 Å². The molecule has 2 aromatic carbocycles. The van der Waals surface area contributed by atoms with Crippen LogP contribution in [0.25, 0.3) is 10.9 Å². The molecular formula is C28H26FN7O4. The van der Waals surface area contributed by atoms with Crippen molar-refractivity contribution < 1.29 is 18.3 Å². The van der Waals surface area contributed by atoms with E-state index >= 15 is 0 Å². The number of furan rings is 1. The third-order valence-corrected chi connectivity index (χ3v) is 7.44. The van der Waals surface area contributed by atoms with Crippen LogP contribution in [-0.4, -0.2) is 68.0 Å². The first-order chi connectivity index (χ1) is 19.6. The van der Waals surface area contributed by atoms with Crippen LogP contribution in [0.3, 0.4) is 0 Å². The van der Waals surface area contributed by atoms with Gasteiger partial charge in [-0.25, -0.2) is 9.07 Å². The van der Waals surface area contributed by atoms with E-state index in [0.717, 1.165) is 36.3 Å². The summed E-state index contributed by atoms with van der Waals surface area (Å²) in [5, 5.41) is 13.4. The summed E-state index contributed by atoms with van der Waals surface area (Å²) < 4.78 is 31.8. The van der Waals surface area contributed by atoms with Crippen LogP contribution < -0.4 is 15.0 Å². The summed E-state index contributed by atoms with van der Waals surface area (Å²) in [4.78, 5) is 21.2. The number of nitrogens with one attached hydrogen (secondary N) is 1. The topological polar surface area (TPSA) is 115 Å². The van der Waals surface area contributed by atoms with E-state index in [1.807, 2.05) is 24.3 Å². The molecule has 0 radical (unpaired) electrons. The fraction of sp³-hybridized carbons (Fsp3) is 0.286. The maximum absolute atomic E-state index is 13.6. The van der Waals surface area contributed by atoms with E-state index in [1.165, 1.54) is 12.1 Å². The van der Waals surface area contributed by atoms with E-state index in [1.54, 1.807) is 29.1 Å². The molecule has 1 atom stereocenters. The van der Waals surface area contributed by atoms with Crippen molar-refractivity contribution in [1.29, 1.82) is 0 Å². The molecule has 204 valence electrons. The molecule has 0 aliphatic carbocycles. The van der Waals surface area contributed by atoms with E-state index in [0.29, 0.717) is 48.0 Å². The Morgan fingerprint density at radius 3 is 2.55 bits per heavy atom. The average molecular weight is 544 g/mol. The quantitative estimate of drug-likeness (QED) is 0.331. The lowest BCUT2D eigenvalue weighted by atomic mass is 10.0. The Morgan fingerprint density at radius 2 is 1.77 bits per heavy atom. The van der Waals surface area contributed by atoms with Gasteiger partial charge in [0.15, 0.2) is 17.3 Å². The number of halogens is 1. The maximum atomic E-state index is 13.6. The molecule has 12 heteroatoms. The van der Waals surface area contributed by atoms with Crippen LogP contribution >= 0.6 is 0 Å². The monoisotopic (exact) mass is 543 g/mol. The molecule has 1 saturated heterocycles. The molecule has 1 unspecified atom stereocenters. The molecule has 2 aliphatic rings. The number of aromatic amines is 1. The van der Waals surface area contributed by atoms with Crippen LogP contribution in [0.5, 0.6) is 11.5 Å². The van der Waals surface area contributed by atoms with Crippen molar-refractivity contribution in [3.63, 3.8) is 0 Å². The Hall–Kier alpha value is -4.55. The van der Waals surface area contributed by atoms with Gasteiger partial charge in [-0.15, -0.1) is 5.10 Å². The Morgan fingerprint density at radius 1 is 0.975 bits per heavy atom. The molecule has 1 N–H and O–H groups in total. The zero-order valence-electron chi connectivity index (χ0n) is 21.5. The van der Waals surface area contributed by atoms with Gasteiger partial charge in [0.1, 0.15) is 17.6 Å². The van der Waals surface area contributed by atoms with Gasteiger partial charge in [-0.1, -0.05) is 12.1 Å². The smallest absolute Gasteiger partial charge is 0.253 e. The Kier molecular flexibility index (Phi) is 6.25. The molecule has 40 heavy (non-hydrogen) atoms. The number of H-pyrrole nitrogens is 1. The van der Waals surface area contributed by atoms with Gasteiger partial charge in [-0.05, 0) is 52.4 Å². The lowest BCUT2D eigenvalue weighted by Gasteiger charge is -2.38. The van der Waals surface area contributed by atoms with Crippen LogP contribution in [0.4, 0.5) is 4.39 Å². The standard InChI is InChI=1S/C28H26FN7O4/c29-20-5-3-18(4-6-20)15-36-27(31-32-33-36)26(35-9-7-34(8-10-35)16-21-2-1-11-38-21)22-12-19-13-24-25(40-17-39-24)14-23(19)30-28(22)37/h1-6,11-14,26H,7-10,15-17H2,(H,30,37). The lowest BCUT2D eigenvalue weighted by Crippen LogP contribution is -2.48. The van der Waals surface area contributed by atoms with Gasteiger partial charge in [-0.3, -0.25) is 14.6 Å². The number of ether oxygens (including phenoxy) is 2. The molecule has 11 nitrogen and oxygen atoms in total. The predicted molar refractivity (Wildman–Crippen MR) is 141 cm³/mol. The number of nitrogens with zero attached hydrogens (tertiary/aromatic N) is 6. The highest BCUT2D eigenvalue weighted by Crippen LogP contribution is 2.36. The second-order valence-electron chi connectivity index (χ2n) is 9.96. The molecule has 5 aromatic rings. The number of benzene rings is 2. The summed E-state index contributed by atoms with van der Waals surface area (Å²) in [6.07, 6.45) is 1.68. The second kappa shape index (κ2) is 10.2. The van der Waals surface area contributed by atoms with Crippen LogP contribution in [-0.2, 0) is 13.1 Å². The number of aromatic nitrogens is 5. The van der Waals surface area contributed by atoms with E-state index in [4.69, 9.17) is 13.9 Å². The zero-order chi connectivity index (χ0) is 27.1. The summed E-state index contributed by atoms with van der Waals surface area (Å²) in [7, 11) is 0. The molecule has 7 rings (SSSR count). The summed E-state index contributed by atoms with van der Waals surface area (Å²) in [5.74, 6) is 2.37. The predicted octanol–water partition coefficient (Wildman–Crippen LogP) is 2.93. The van der Waals surface area contributed by atoms with Crippen LogP contribution in [0.1, 0.15) is 28.8 Å². The van der Waals surface area contributed by atoms with E-state index in [-0.39, 0.29) is 18.2 Å². The lowest BCUT2D eigenvalue weighted by molar-refractivity contribution is 0.0952. The van der Waals surface area contributed by atoms with Gasteiger partial charge >= 0.3 is 0 Å². The third kappa shape index (κ3) is 4.71. The molecule has 3 aromatic heterocycles. The maximum Gasteiger partial charge on any atom is 0.253 e. The first-order valence-corrected chi connectivity index (χ1v) is 13.1. The van der Waals surface area contributed by atoms with Gasteiger partial charge in [-0.2, -0.15) is 0 Å². The minimum atomic E-state index is -0.514. The van der Waals surface area contributed by atoms with E-state index in [2.05, 4.69) is 30.3 Å². The molecule has 1 fully saturated rings. The molecular weight excluding hydrogens is 517 g/mol. The SMILES string of the molecule is O=c1[nH]c2cc3c(cc2cc1C(c1nnnn1Cc1ccc(F)cc1)N1CCN(Cc2ccco2)CC1)OCO3. The summed E-state index contributed by atoms with van der Waals surface area (Å²) >= 11 is 0. The molecule has 0 saturated carbocycles. The third-order valence-electron chi connectivity index (χ3n) is 7.44. The summed E-state index contributed by atoms with van der Waals surface area (Å²) in [6, 6.07) is 15.1. The van der Waals surface area contributed by atoms with Crippen molar-refractivity contribution >= 4 is 10.9 Å². The first-order valence-electron chi connectivity index (χ1n) is 13.1. The molecule has 0 amide bonds. The van der Waals surface area contributed by atoms with Crippen LogP contribution in [0.2, 0.25) is 0 Å². The molecule has 5 heterocycles. The van der Waals surface area contributed by atoms with Crippen molar-refractivity contribution in [1.82, 2.24) is 35.0 Å². The summed E-state index contributed by atoms with van der Waals surface area (Å²) in [5.41, 5.74) is 1.80. The number of piperazine rings is 1. The average Bonchev–Trinajstić information content (AvgIpc) is 3.73. The fourth-order valence-corrected chi connectivity index (χ4v) is 5.40. The number of fused-ring (bicyclic) bond motifs is 2. The highest BCUT2D eigenvalue weighted by Gasteiger charge is 2.33. The van der Waals surface area contributed by atoms with Crippen molar-refractivity contribution in [2.45, 2.75) is 19.1 Å². The second-order valence-corrected chi connectivity index (χ2v) is 9.96. The highest BCUT2D eigenvalue weighted by molar-refractivity contribution is 5.83. The van der Waals surface area contributed by atoms with E-state index in [9.17, 15) is 9.18 Å². The van der Waals surface area contributed by atoms with Gasteiger partial charge in [0, 0.05) is 43.2 Å². The van der Waals surface area contributed by atoms with Crippen molar-refractivity contribution in [2.24, 2.45) is 0 Å². The molecule has 0 spiro atoms. The Bertz CT molecular complexity index is 1690. The highest BCUT2D eigenvalue weighted by atomic mass is 19.1. The van der Waals surface area contributed by atoms with Crippen molar-refractivity contribution in [2.75, 3.05) is 33.0 Å². The fourth-order valence-electron chi connectivity index (χ4n) is 5.40. The number of rotatable bonds is 7. The number of pyridine rings is 1. The Labute approximate surface area is 227 Å². The van der Waals surface area contributed by atoms with Gasteiger partial charge in [0.25, 0.3) is 5.56 Å². The Balaban J connectivity index is 1.25. The first kappa shape index (κ1) is 24.5. The van der Waals surface area contributed by atoms with Crippen LogP contribution in [0, 0.1) is 5.82 Å². The number of tetrazole rings is 1. The minimum absolute atomic E-state index is 0.145. The van der Waals surface area contributed by atoms with Crippen molar-refractivity contribution in [3.05, 3.63) is 99.7 Å². The van der Waals surface area contributed by atoms with Gasteiger partial charge in [0.2, 0.25) is 6.79 Å². The molecule has 2 aliphatic heterocycles. The number of hydrogen-bond acceptors (Lipinski definition) is 9. The normalized spacial score (nSPS) is 16.5. The largest absolute Gasteiger partial charge is 0.468 e. The summed E-state index contributed by atoms with van der Waals surface area (Å²) in [6.45, 7) is 4.13. The number of hydrogen-bond donors (Lipinski definition) is 1. The zero-order valence-corrected chi connectivity index (χ0v) is 21.5. The minimum Gasteiger partial charge on any atom is -0.468 e. The van der Waals surface area contributed by atoms with Gasteiger partial charge in [0.05, 0.1) is 24.9 Å². The van der Waals surface area contributed by atoms with E-state index < -0.39 is 6.04 Å².